The molecule has 0 fully saturated rings. The largest absolute Gasteiger partial charge is 0.494 e. The second-order valence-electron chi connectivity index (χ2n) is 3.73. The van der Waals surface area contributed by atoms with Gasteiger partial charge in [0.25, 0.3) is 0 Å². The van der Waals surface area contributed by atoms with E-state index >= 15 is 0 Å². The number of hydrogen-bond acceptors (Lipinski definition) is 3. The molecule has 2 N–H and O–H groups in total. The summed E-state index contributed by atoms with van der Waals surface area (Å²) in [6.45, 7) is 2.58. The minimum absolute atomic E-state index is 0.630. The molecule has 2 aromatic carbocycles. The van der Waals surface area contributed by atoms with Crippen LogP contribution >= 0.6 is 23.4 Å². The highest BCUT2D eigenvalue weighted by Gasteiger charge is 2.02. The molecule has 2 nitrogen and oxygen atoms in total. The van der Waals surface area contributed by atoms with Crippen molar-refractivity contribution in [3.8, 4) is 5.75 Å². The Bertz CT molecular complexity index is 545. The number of benzene rings is 2. The lowest BCUT2D eigenvalue weighted by molar-refractivity contribution is 0.339. The average molecular weight is 280 g/mol. The third kappa shape index (κ3) is 3.59. The first-order valence-corrected chi connectivity index (χ1v) is 6.83. The molecule has 0 saturated heterocycles. The summed E-state index contributed by atoms with van der Waals surface area (Å²) in [6, 6.07) is 13.5. The quantitative estimate of drug-likeness (QED) is 0.839. The molecule has 0 aliphatic carbocycles. The van der Waals surface area contributed by atoms with E-state index in [4.69, 9.17) is 22.1 Å². The van der Waals surface area contributed by atoms with Crippen molar-refractivity contribution in [2.45, 2.75) is 16.7 Å². The highest BCUT2D eigenvalue weighted by atomic mass is 35.5. The van der Waals surface area contributed by atoms with E-state index in [1.54, 1.807) is 11.8 Å². The van der Waals surface area contributed by atoms with E-state index in [0.717, 1.165) is 20.6 Å². The Balaban J connectivity index is 2.23. The van der Waals surface area contributed by atoms with Crippen LogP contribution in [-0.4, -0.2) is 6.61 Å². The molecule has 2 aromatic rings. The summed E-state index contributed by atoms with van der Waals surface area (Å²) in [4.78, 5) is 2.12. The summed E-state index contributed by atoms with van der Waals surface area (Å²) in [6.07, 6.45) is 0. The SMILES string of the molecule is CCOc1cc(N)cc(Sc2cccc(Cl)c2)c1. The van der Waals surface area contributed by atoms with Crippen LogP contribution in [0.25, 0.3) is 0 Å². The minimum Gasteiger partial charge on any atom is -0.494 e. The molecule has 0 radical (unpaired) electrons. The van der Waals surface area contributed by atoms with Gasteiger partial charge in [0.15, 0.2) is 0 Å². The van der Waals surface area contributed by atoms with E-state index in [1.807, 2.05) is 49.4 Å². The number of hydrogen-bond donors (Lipinski definition) is 1. The van der Waals surface area contributed by atoms with Crippen LogP contribution in [-0.2, 0) is 0 Å². The maximum absolute atomic E-state index is 5.96. The predicted octanol–water partition coefficient (Wildman–Crippen LogP) is 4.47. The molecular weight excluding hydrogens is 266 g/mol. The standard InChI is InChI=1S/C14H14ClNOS/c1-2-17-12-7-11(16)8-14(9-12)18-13-5-3-4-10(15)6-13/h3-9H,2,16H2,1H3. The monoisotopic (exact) mass is 279 g/mol. The molecular formula is C14H14ClNOS. The van der Waals surface area contributed by atoms with Crippen LogP contribution < -0.4 is 10.5 Å². The van der Waals surface area contributed by atoms with Gasteiger partial charge in [-0.15, -0.1) is 0 Å². The van der Waals surface area contributed by atoms with Crippen molar-refractivity contribution in [1.29, 1.82) is 0 Å². The Hall–Kier alpha value is -1.32. The number of nitrogen functional groups attached to an aromatic ring is 1. The molecule has 0 aliphatic rings. The molecule has 0 heterocycles. The van der Waals surface area contributed by atoms with Crippen LogP contribution in [0.5, 0.6) is 5.75 Å². The number of nitrogens with two attached hydrogens (primary N) is 1. The van der Waals surface area contributed by atoms with E-state index in [9.17, 15) is 0 Å². The van der Waals surface area contributed by atoms with E-state index in [0.29, 0.717) is 12.3 Å². The molecule has 0 unspecified atom stereocenters. The van der Waals surface area contributed by atoms with Crippen LogP contribution in [0, 0.1) is 0 Å². The van der Waals surface area contributed by atoms with E-state index < -0.39 is 0 Å². The topological polar surface area (TPSA) is 35.2 Å². The van der Waals surface area contributed by atoms with Crippen LogP contribution in [0.1, 0.15) is 6.92 Å². The molecule has 0 amide bonds. The van der Waals surface area contributed by atoms with Gasteiger partial charge in [0, 0.05) is 26.6 Å². The number of rotatable bonds is 4. The van der Waals surface area contributed by atoms with Gasteiger partial charge in [0.1, 0.15) is 5.75 Å². The molecule has 4 heteroatoms. The zero-order chi connectivity index (χ0) is 13.0. The Morgan fingerprint density at radius 2 is 2.00 bits per heavy atom. The second kappa shape index (κ2) is 6.03. The van der Waals surface area contributed by atoms with Crippen molar-refractivity contribution in [1.82, 2.24) is 0 Å². The highest BCUT2D eigenvalue weighted by molar-refractivity contribution is 7.99. The summed E-state index contributed by atoms with van der Waals surface area (Å²) in [5.41, 5.74) is 6.55. The molecule has 0 atom stereocenters. The summed E-state index contributed by atoms with van der Waals surface area (Å²) in [5.74, 6) is 0.794. The van der Waals surface area contributed by atoms with Crippen LogP contribution in [0.3, 0.4) is 0 Å². The van der Waals surface area contributed by atoms with E-state index in [-0.39, 0.29) is 0 Å². The van der Waals surface area contributed by atoms with Gasteiger partial charge in [-0.3, -0.25) is 0 Å². The minimum atomic E-state index is 0.630. The third-order valence-electron chi connectivity index (χ3n) is 2.25. The Morgan fingerprint density at radius 3 is 2.72 bits per heavy atom. The van der Waals surface area contributed by atoms with E-state index in [1.165, 1.54) is 0 Å². The molecule has 0 aliphatic heterocycles. The lowest BCUT2D eigenvalue weighted by atomic mass is 10.3. The maximum Gasteiger partial charge on any atom is 0.122 e. The van der Waals surface area contributed by atoms with Gasteiger partial charge < -0.3 is 10.5 Å². The fraction of sp³-hybridized carbons (Fsp3) is 0.143. The normalized spacial score (nSPS) is 10.3. The molecule has 0 saturated carbocycles. The summed E-state index contributed by atoms with van der Waals surface area (Å²) >= 11 is 7.57. The van der Waals surface area contributed by atoms with E-state index in [2.05, 4.69) is 0 Å². The summed E-state index contributed by atoms with van der Waals surface area (Å²) in [5, 5.41) is 0.730. The highest BCUT2D eigenvalue weighted by Crippen LogP contribution is 2.33. The first kappa shape index (κ1) is 13.1. The van der Waals surface area contributed by atoms with Crippen molar-refractivity contribution in [3.63, 3.8) is 0 Å². The molecule has 94 valence electrons. The van der Waals surface area contributed by atoms with Gasteiger partial charge >= 0.3 is 0 Å². The molecule has 0 spiro atoms. The Kier molecular flexibility index (Phi) is 4.39. The number of halogens is 1. The van der Waals surface area contributed by atoms with Crippen molar-refractivity contribution < 1.29 is 4.74 Å². The number of ether oxygens (including phenoxy) is 1. The van der Waals surface area contributed by atoms with Crippen molar-refractivity contribution in [3.05, 3.63) is 47.5 Å². The van der Waals surface area contributed by atoms with Crippen LogP contribution in [0.15, 0.2) is 52.3 Å². The predicted molar refractivity (Wildman–Crippen MR) is 77.6 cm³/mol. The van der Waals surface area contributed by atoms with Gasteiger partial charge in [0.2, 0.25) is 0 Å². The van der Waals surface area contributed by atoms with Gasteiger partial charge in [-0.1, -0.05) is 29.4 Å². The second-order valence-corrected chi connectivity index (χ2v) is 5.31. The van der Waals surface area contributed by atoms with Gasteiger partial charge in [-0.25, -0.2) is 0 Å². The fourth-order valence-electron chi connectivity index (χ4n) is 1.57. The molecule has 0 aromatic heterocycles. The zero-order valence-electron chi connectivity index (χ0n) is 10.0. The van der Waals surface area contributed by atoms with Crippen molar-refractivity contribution >= 4 is 29.1 Å². The van der Waals surface area contributed by atoms with Crippen LogP contribution in [0.2, 0.25) is 5.02 Å². The van der Waals surface area contributed by atoms with Gasteiger partial charge in [-0.05, 0) is 37.3 Å². The van der Waals surface area contributed by atoms with Crippen molar-refractivity contribution in [2.75, 3.05) is 12.3 Å². The number of anilines is 1. The zero-order valence-corrected chi connectivity index (χ0v) is 11.6. The first-order valence-electron chi connectivity index (χ1n) is 5.64. The maximum atomic E-state index is 5.96. The third-order valence-corrected chi connectivity index (χ3v) is 3.44. The lowest BCUT2D eigenvalue weighted by Gasteiger charge is -2.08. The summed E-state index contributed by atoms with van der Waals surface area (Å²) in [7, 11) is 0. The lowest BCUT2D eigenvalue weighted by Crippen LogP contribution is -1.93. The average Bonchev–Trinajstić information content (AvgIpc) is 2.28. The Labute approximate surface area is 116 Å². The molecule has 2 rings (SSSR count). The Morgan fingerprint density at radius 1 is 1.17 bits per heavy atom. The molecule has 0 bridgehead atoms. The van der Waals surface area contributed by atoms with Crippen LogP contribution in [0.4, 0.5) is 5.69 Å². The molecule has 18 heavy (non-hydrogen) atoms. The first-order chi connectivity index (χ1) is 8.67. The van der Waals surface area contributed by atoms with Gasteiger partial charge in [0.05, 0.1) is 6.61 Å². The fourth-order valence-corrected chi connectivity index (χ4v) is 2.80. The van der Waals surface area contributed by atoms with Crippen molar-refractivity contribution in [2.24, 2.45) is 0 Å². The summed E-state index contributed by atoms with van der Waals surface area (Å²) < 4.78 is 5.47. The van der Waals surface area contributed by atoms with Gasteiger partial charge in [-0.2, -0.15) is 0 Å². The smallest absolute Gasteiger partial charge is 0.122 e.